The first-order valence-corrected chi connectivity index (χ1v) is 7.30. The SMILES string of the molecule is CC(c1nccnc1Cl)c1c(C(N)=O)cc(C(F)(F)F)cc1C(F)(F)F. The quantitative estimate of drug-likeness (QED) is 0.780. The van der Waals surface area contributed by atoms with Gasteiger partial charge in [-0.2, -0.15) is 26.3 Å². The van der Waals surface area contributed by atoms with Crippen LogP contribution in [0.5, 0.6) is 0 Å². The Labute approximate surface area is 148 Å². The minimum Gasteiger partial charge on any atom is -0.366 e. The number of carbonyl (C=O) groups is 1. The Balaban J connectivity index is 2.86. The summed E-state index contributed by atoms with van der Waals surface area (Å²) in [5, 5.41) is -0.247. The van der Waals surface area contributed by atoms with Crippen LogP contribution in [-0.4, -0.2) is 15.9 Å². The maximum atomic E-state index is 13.4. The molecule has 0 radical (unpaired) electrons. The zero-order valence-corrected chi connectivity index (χ0v) is 13.7. The number of rotatable bonds is 3. The van der Waals surface area contributed by atoms with Crippen LogP contribution < -0.4 is 5.73 Å². The predicted molar refractivity (Wildman–Crippen MR) is 79.5 cm³/mol. The summed E-state index contributed by atoms with van der Waals surface area (Å²) in [4.78, 5) is 19.1. The lowest BCUT2D eigenvalue weighted by atomic mass is 9.86. The van der Waals surface area contributed by atoms with Crippen LogP contribution in [0.1, 0.15) is 45.6 Å². The molecule has 0 saturated heterocycles. The van der Waals surface area contributed by atoms with E-state index >= 15 is 0 Å². The van der Waals surface area contributed by atoms with Gasteiger partial charge < -0.3 is 5.73 Å². The molecule has 0 aliphatic carbocycles. The van der Waals surface area contributed by atoms with Crippen LogP contribution in [0.3, 0.4) is 0 Å². The van der Waals surface area contributed by atoms with Crippen molar-refractivity contribution < 1.29 is 31.1 Å². The van der Waals surface area contributed by atoms with E-state index in [1.165, 1.54) is 13.1 Å². The van der Waals surface area contributed by atoms with Crippen LogP contribution in [0.15, 0.2) is 24.5 Å². The number of nitrogens with two attached hydrogens (primary N) is 1. The minimum absolute atomic E-state index is 0.0669. The van der Waals surface area contributed by atoms with Crippen LogP contribution in [0, 0.1) is 0 Å². The Morgan fingerprint density at radius 1 is 1.08 bits per heavy atom. The molecular weight excluding hydrogens is 388 g/mol. The third-order valence-corrected chi connectivity index (χ3v) is 3.89. The number of benzene rings is 1. The van der Waals surface area contributed by atoms with Crippen molar-refractivity contribution in [2.24, 2.45) is 5.73 Å². The van der Waals surface area contributed by atoms with Crippen molar-refractivity contribution in [1.29, 1.82) is 0 Å². The van der Waals surface area contributed by atoms with Gasteiger partial charge >= 0.3 is 12.4 Å². The van der Waals surface area contributed by atoms with Crippen molar-refractivity contribution in [3.8, 4) is 0 Å². The average molecular weight is 398 g/mol. The lowest BCUT2D eigenvalue weighted by molar-refractivity contribution is -0.143. The standard InChI is InChI=1S/C15H10ClF6N3O/c1-6(11-12(16)25-3-2-24-11)10-8(13(23)26)4-7(14(17,18)19)5-9(10)15(20,21)22/h2-6H,1H3,(H2,23,26). The van der Waals surface area contributed by atoms with Crippen LogP contribution >= 0.6 is 11.6 Å². The van der Waals surface area contributed by atoms with Crippen LogP contribution in [0.2, 0.25) is 5.15 Å². The van der Waals surface area contributed by atoms with Gasteiger partial charge in [-0.15, -0.1) is 0 Å². The second-order valence-electron chi connectivity index (χ2n) is 5.30. The largest absolute Gasteiger partial charge is 0.416 e. The topological polar surface area (TPSA) is 68.9 Å². The highest BCUT2D eigenvalue weighted by Gasteiger charge is 2.41. The second-order valence-corrected chi connectivity index (χ2v) is 5.66. The molecule has 1 amide bonds. The van der Waals surface area contributed by atoms with Gasteiger partial charge in [0.15, 0.2) is 5.15 Å². The van der Waals surface area contributed by atoms with E-state index in [9.17, 15) is 31.1 Å². The molecule has 0 bridgehead atoms. The molecule has 2 N–H and O–H groups in total. The molecular formula is C15H10ClF6N3O. The summed E-state index contributed by atoms with van der Waals surface area (Å²) in [7, 11) is 0. The van der Waals surface area contributed by atoms with Gasteiger partial charge in [0, 0.05) is 23.9 Å². The molecule has 0 fully saturated rings. The Bertz CT molecular complexity index is 850. The highest BCUT2D eigenvalue weighted by atomic mass is 35.5. The second kappa shape index (κ2) is 6.75. The maximum absolute atomic E-state index is 13.4. The number of aromatic nitrogens is 2. The summed E-state index contributed by atoms with van der Waals surface area (Å²) in [5.74, 6) is -2.74. The first-order chi connectivity index (χ1) is 11.8. The van der Waals surface area contributed by atoms with Crippen molar-refractivity contribution in [3.63, 3.8) is 0 Å². The number of halogens is 7. The van der Waals surface area contributed by atoms with E-state index in [1.54, 1.807) is 0 Å². The van der Waals surface area contributed by atoms with Crippen molar-refractivity contribution in [2.75, 3.05) is 0 Å². The molecule has 0 saturated carbocycles. The Morgan fingerprint density at radius 2 is 1.65 bits per heavy atom. The maximum Gasteiger partial charge on any atom is 0.416 e. The molecule has 1 atom stereocenters. The third-order valence-electron chi connectivity index (χ3n) is 3.60. The molecule has 0 spiro atoms. The van der Waals surface area contributed by atoms with Gasteiger partial charge in [0.05, 0.1) is 16.8 Å². The van der Waals surface area contributed by atoms with E-state index in [-0.39, 0.29) is 23.0 Å². The number of alkyl halides is 6. The summed E-state index contributed by atoms with van der Waals surface area (Å²) < 4.78 is 79.2. The monoisotopic (exact) mass is 397 g/mol. The Hall–Kier alpha value is -2.36. The molecule has 11 heteroatoms. The Morgan fingerprint density at radius 3 is 2.12 bits per heavy atom. The molecule has 1 heterocycles. The van der Waals surface area contributed by atoms with Crippen molar-refractivity contribution >= 4 is 17.5 Å². The number of hydrogen-bond acceptors (Lipinski definition) is 3. The van der Waals surface area contributed by atoms with E-state index in [4.69, 9.17) is 17.3 Å². The number of carbonyl (C=O) groups excluding carboxylic acids is 1. The zero-order chi connectivity index (χ0) is 19.9. The molecule has 1 unspecified atom stereocenters. The number of hydrogen-bond donors (Lipinski definition) is 1. The summed E-state index contributed by atoms with van der Waals surface area (Å²) in [5.41, 5.74) is -0.0342. The molecule has 26 heavy (non-hydrogen) atoms. The molecule has 1 aromatic carbocycles. The van der Waals surface area contributed by atoms with Gasteiger partial charge in [0.2, 0.25) is 5.91 Å². The average Bonchev–Trinajstić information content (AvgIpc) is 2.51. The smallest absolute Gasteiger partial charge is 0.366 e. The third kappa shape index (κ3) is 3.90. The van der Waals surface area contributed by atoms with Crippen molar-refractivity contribution in [1.82, 2.24) is 9.97 Å². The highest BCUT2D eigenvalue weighted by Crippen LogP contribution is 2.43. The summed E-state index contributed by atoms with van der Waals surface area (Å²) >= 11 is 5.82. The molecule has 1 aromatic heterocycles. The molecule has 4 nitrogen and oxygen atoms in total. The predicted octanol–water partition coefficient (Wildman–Crippen LogP) is 4.42. The zero-order valence-electron chi connectivity index (χ0n) is 12.9. The van der Waals surface area contributed by atoms with Crippen LogP contribution in [0.25, 0.3) is 0 Å². The molecule has 2 rings (SSSR count). The minimum atomic E-state index is -5.18. The fourth-order valence-electron chi connectivity index (χ4n) is 2.48. The van der Waals surface area contributed by atoms with Crippen LogP contribution in [-0.2, 0) is 12.4 Å². The van der Waals surface area contributed by atoms with Crippen molar-refractivity contribution in [2.45, 2.75) is 25.2 Å². The van der Waals surface area contributed by atoms with E-state index in [0.717, 1.165) is 6.20 Å². The fraction of sp³-hybridized carbons (Fsp3) is 0.267. The van der Waals surface area contributed by atoms with Gasteiger partial charge in [0.25, 0.3) is 0 Å². The van der Waals surface area contributed by atoms with Crippen molar-refractivity contribution in [3.05, 3.63) is 57.6 Å². The Kier molecular flexibility index (Phi) is 5.18. The first-order valence-electron chi connectivity index (χ1n) is 6.92. The van der Waals surface area contributed by atoms with Gasteiger partial charge in [0.1, 0.15) is 0 Å². The van der Waals surface area contributed by atoms with E-state index in [2.05, 4.69) is 9.97 Å². The number of primary amides is 1. The summed E-state index contributed by atoms with van der Waals surface area (Å²) in [6.07, 6.45) is -7.94. The number of amides is 1. The lowest BCUT2D eigenvalue weighted by Gasteiger charge is -2.23. The molecule has 0 aliphatic rings. The van der Waals surface area contributed by atoms with E-state index in [0.29, 0.717) is 0 Å². The summed E-state index contributed by atoms with van der Waals surface area (Å²) in [6.45, 7) is 1.21. The van der Waals surface area contributed by atoms with Crippen LogP contribution in [0.4, 0.5) is 26.3 Å². The van der Waals surface area contributed by atoms with Gasteiger partial charge in [-0.25, -0.2) is 4.98 Å². The van der Waals surface area contributed by atoms with E-state index < -0.39 is 46.4 Å². The molecule has 2 aromatic rings. The van der Waals surface area contributed by atoms with E-state index in [1.807, 2.05) is 0 Å². The molecule has 0 aliphatic heterocycles. The normalized spacial score (nSPS) is 13.5. The molecule has 140 valence electrons. The lowest BCUT2D eigenvalue weighted by Crippen LogP contribution is -2.23. The summed E-state index contributed by atoms with van der Waals surface area (Å²) in [6, 6.07) is 0.218. The van der Waals surface area contributed by atoms with Gasteiger partial charge in [-0.05, 0) is 17.7 Å². The first kappa shape index (κ1) is 20.0. The van der Waals surface area contributed by atoms with Gasteiger partial charge in [-0.3, -0.25) is 9.78 Å². The number of nitrogens with zero attached hydrogens (tertiary/aromatic N) is 2. The highest BCUT2D eigenvalue weighted by molar-refractivity contribution is 6.30. The van der Waals surface area contributed by atoms with Gasteiger partial charge in [-0.1, -0.05) is 18.5 Å². The fourth-order valence-corrected chi connectivity index (χ4v) is 2.75.